The largest absolute Gasteiger partial charge is 0.242 e. The van der Waals surface area contributed by atoms with Gasteiger partial charge in [-0.15, -0.1) is 0 Å². The van der Waals surface area contributed by atoms with Gasteiger partial charge >= 0.3 is 0 Å². The van der Waals surface area contributed by atoms with Crippen LogP contribution in [0.15, 0.2) is 35.2 Å². The standard InChI is InChI=1S/C14H15FN2O2S/c15-13-7-4-8-14(12(13)9-16)20(18,19)17-10-11-5-2-1-3-6-11/h1-2,4,7-8,11,17H,3,5-6,10H2. The van der Waals surface area contributed by atoms with Gasteiger partial charge in [-0.2, -0.15) is 5.26 Å². The van der Waals surface area contributed by atoms with Crippen molar-refractivity contribution >= 4 is 10.0 Å². The second-order valence-electron chi connectivity index (χ2n) is 4.73. The number of allylic oxidation sites excluding steroid dienone is 2. The average molecular weight is 294 g/mol. The first kappa shape index (κ1) is 14.7. The molecular weight excluding hydrogens is 279 g/mol. The minimum Gasteiger partial charge on any atom is -0.211 e. The van der Waals surface area contributed by atoms with Crippen molar-refractivity contribution in [2.24, 2.45) is 5.92 Å². The molecule has 20 heavy (non-hydrogen) atoms. The number of hydrogen-bond donors (Lipinski definition) is 1. The third-order valence-corrected chi connectivity index (χ3v) is 4.78. The maximum atomic E-state index is 13.5. The Balaban J connectivity index is 2.17. The summed E-state index contributed by atoms with van der Waals surface area (Å²) < 4.78 is 40.2. The van der Waals surface area contributed by atoms with Crippen LogP contribution in [0.25, 0.3) is 0 Å². The molecule has 0 heterocycles. The van der Waals surface area contributed by atoms with E-state index in [4.69, 9.17) is 5.26 Å². The van der Waals surface area contributed by atoms with Crippen LogP contribution in [-0.4, -0.2) is 15.0 Å². The second-order valence-corrected chi connectivity index (χ2v) is 6.46. The molecule has 1 aliphatic carbocycles. The summed E-state index contributed by atoms with van der Waals surface area (Å²) in [6.07, 6.45) is 6.80. The second kappa shape index (κ2) is 6.16. The van der Waals surface area contributed by atoms with Gasteiger partial charge in [0.25, 0.3) is 0 Å². The topological polar surface area (TPSA) is 70.0 Å². The molecule has 106 valence electrons. The summed E-state index contributed by atoms with van der Waals surface area (Å²) in [7, 11) is -3.86. The fourth-order valence-corrected chi connectivity index (χ4v) is 3.46. The molecule has 0 radical (unpaired) electrons. The molecule has 0 aliphatic heterocycles. The Morgan fingerprint density at radius 2 is 2.20 bits per heavy atom. The number of nitrogens with zero attached hydrogens (tertiary/aromatic N) is 1. The monoisotopic (exact) mass is 294 g/mol. The Morgan fingerprint density at radius 1 is 1.40 bits per heavy atom. The van der Waals surface area contributed by atoms with Crippen LogP contribution in [0.5, 0.6) is 0 Å². The van der Waals surface area contributed by atoms with E-state index >= 15 is 0 Å². The molecule has 0 aromatic heterocycles. The van der Waals surface area contributed by atoms with Crippen molar-refractivity contribution < 1.29 is 12.8 Å². The first-order valence-corrected chi connectivity index (χ1v) is 7.86. The van der Waals surface area contributed by atoms with Crippen LogP contribution in [0.4, 0.5) is 4.39 Å². The van der Waals surface area contributed by atoms with Crippen LogP contribution < -0.4 is 4.72 Å². The van der Waals surface area contributed by atoms with Crippen molar-refractivity contribution in [2.75, 3.05) is 6.54 Å². The van der Waals surface area contributed by atoms with E-state index in [1.165, 1.54) is 12.1 Å². The molecule has 6 heteroatoms. The van der Waals surface area contributed by atoms with Crippen LogP contribution in [0.2, 0.25) is 0 Å². The lowest BCUT2D eigenvalue weighted by Gasteiger charge is -2.18. The van der Waals surface area contributed by atoms with Crippen molar-refractivity contribution in [1.29, 1.82) is 5.26 Å². The van der Waals surface area contributed by atoms with Gasteiger partial charge in [0.2, 0.25) is 10.0 Å². The smallest absolute Gasteiger partial charge is 0.211 e. The van der Waals surface area contributed by atoms with Gasteiger partial charge in [-0.25, -0.2) is 17.5 Å². The molecule has 4 nitrogen and oxygen atoms in total. The highest BCUT2D eigenvalue weighted by Crippen LogP contribution is 2.20. The first-order valence-electron chi connectivity index (χ1n) is 6.38. The van der Waals surface area contributed by atoms with E-state index in [2.05, 4.69) is 10.8 Å². The van der Waals surface area contributed by atoms with Gasteiger partial charge in [0.1, 0.15) is 22.3 Å². The lowest BCUT2D eigenvalue weighted by Crippen LogP contribution is -2.30. The van der Waals surface area contributed by atoms with Gasteiger partial charge in [-0.1, -0.05) is 18.2 Å². The zero-order valence-electron chi connectivity index (χ0n) is 10.8. The minimum atomic E-state index is -3.86. The SMILES string of the molecule is N#Cc1c(F)cccc1S(=O)(=O)NCC1CC=CCC1. The van der Waals surface area contributed by atoms with Crippen LogP contribution in [0, 0.1) is 23.1 Å². The van der Waals surface area contributed by atoms with Gasteiger partial charge < -0.3 is 0 Å². The molecule has 1 unspecified atom stereocenters. The number of halogens is 1. The Kier molecular flexibility index (Phi) is 4.53. The molecule has 0 amide bonds. The lowest BCUT2D eigenvalue weighted by molar-refractivity contribution is 0.468. The van der Waals surface area contributed by atoms with Gasteiger partial charge in [0.05, 0.1) is 0 Å². The Hall–Kier alpha value is -1.71. The quantitative estimate of drug-likeness (QED) is 0.866. The van der Waals surface area contributed by atoms with Crippen LogP contribution in [-0.2, 0) is 10.0 Å². The summed E-state index contributed by atoms with van der Waals surface area (Å²) in [5.41, 5.74) is -0.441. The molecule has 0 saturated carbocycles. The maximum absolute atomic E-state index is 13.5. The zero-order valence-corrected chi connectivity index (χ0v) is 11.7. The Bertz CT molecular complexity index is 662. The first-order chi connectivity index (χ1) is 9.54. The molecule has 0 fully saturated rings. The molecule has 1 aromatic carbocycles. The number of sulfonamides is 1. The third-order valence-electron chi connectivity index (χ3n) is 3.32. The van der Waals surface area contributed by atoms with Crippen molar-refractivity contribution in [1.82, 2.24) is 4.72 Å². The molecule has 1 aliphatic rings. The summed E-state index contributed by atoms with van der Waals surface area (Å²) in [6.45, 7) is 0.300. The number of benzene rings is 1. The molecule has 0 saturated heterocycles. The maximum Gasteiger partial charge on any atom is 0.242 e. The van der Waals surface area contributed by atoms with E-state index in [1.807, 2.05) is 6.08 Å². The predicted molar refractivity (Wildman–Crippen MR) is 72.8 cm³/mol. The van der Waals surface area contributed by atoms with Crippen molar-refractivity contribution in [3.05, 3.63) is 41.7 Å². The molecule has 0 bridgehead atoms. The highest BCUT2D eigenvalue weighted by atomic mass is 32.2. The van der Waals surface area contributed by atoms with E-state index in [1.54, 1.807) is 6.07 Å². The van der Waals surface area contributed by atoms with Gasteiger partial charge in [-0.05, 0) is 37.3 Å². The number of rotatable bonds is 4. The highest BCUT2D eigenvalue weighted by molar-refractivity contribution is 7.89. The summed E-state index contributed by atoms with van der Waals surface area (Å²) in [4.78, 5) is -0.300. The zero-order chi connectivity index (χ0) is 14.6. The minimum absolute atomic E-state index is 0.244. The molecule has 1 atom stereocenters. The van der Waals surface area contributed by atoms with E-state index in [9.17, 15) is 12.8 Å². The summed E-state index contributed by atoms with van der Waals surface area (Å²) in [5.74, 6) is -0.579. The lowest BCUT2D eigenvalue weighted by atomic mass is 9.95. The normalized spacial score (nSPS) is 18.7. The Morgan fingerprint density at radius 3 is 2.85 bits per heavy atom. The summed E-state index contributed by atoms with van der Waals surface area (Å²) >= 11 is 0. The average Bonchev–Trinajstić information content (AvgIpc) is 2.46. The third kappa shape index (κ3) is 3.24. The number of nitrogens with one attached hydrogen (secondary N) is 1. The summed E-state index contributed by atoms with van der Waals surface area (Å²) in [6, 6.07) is 5.20. The molecule has 1 N–H and O–H groups in total. The van der Waals surface area contributed by atoms with Crippen LogP contribution in [0.3, 0.4) is 0 Å². The predicted octanol–water partition coefficient (Wildman–Crippen LogP) is 2.33. The molecule has 0 spiro atoms. The highest BCUT2D eigenvalue weighted by Gasteiger charge is 2.22. The van der Waals surface area contributed by atoms with E-state index in [-0.39, 0.29) is 10.8 Å². The van der Waals surface area contributed by atoms with Gasteiger partial charge in [-0.3, -0.25) is 0 Å². The van der Waals surface area contributed by atoms with Gasteiger partial charge in [0, 0.05) is 6.54 Å². The number of nitriles is 1. The van der Waals surface area contributed by atoms with E-state index in [0.717, 1.165) is 25.3 Å². The number of hydrogen-bond acceptors (Lipinski definition) is 3. The Labute approximate surface area is 118 Å². The van der Waals surface area contributed by atoms with Crippen molar-refractivity contribution in [3.63, 3.8) is 0 Å². The summed E-state index contributed by atoms with van der Waals surface area (Å²) in [5, 5.41) is 8.89. The van der Waals surface area contributed by atoms with Crippen LogP contribution >= 0.6 is 0 Å². The fourth-order valence-electron chi connectivity index (χ4n) is 2.18. The van der Waals surface area contributed by atoms with Crippen molar-refractivity contribution in [3.8, 4) is 6.07 Å². The molecule has 1 aromatic rings. The van der Waals surface area contributed by atoms with E-state index < -0.39 is 21.4 Å². The fraction of sp³-hybridized carbons (Fsp3) is 0.357. The van der Waals surface area contributed by atoms with Gasteiger partial charge in [0.15, 0.2) is 0 Å². The van der Waals surface area contributed by atoms with E-state index in [0.29, 0.717) is 6.54 Å². The molecular formula is C14H15FN2O2S. The van der Waals surface area contributed by atoms with Crippen molar-refractivity contribution in [2.45, 2.75) is 24.2 Å². The molecule has 2 rings (SSSR count). The van der Waals surface area contributed by atoms with Crippen LogP contribution in [0.1, 0.15) is 24.8 Å².